The highest BCUT2D eigenvalue weighted by atomic mass is 19.4. The average Bonchev–Trinajstić information content (AvgIpc) is 3.13. The summed E-state index contributed by atoms with van der Waals surface area (Å²) in [5.74, 6) is -2.47. The molecule has 0 saturated heterocycles. The predicted octanol–water partition coefficient (Wildman–Crippen LogP) is 3.43. The summed E-state index contributed by atoms with van der Waals surface area (Å²) in [4.78, 5) is 24.3. The van der Waals surface area contributed by atoms with Crippen molar-refractivity contribution < 1.29 is 31.9 Å². The number of amides is 2. The number of rotatable bonds is 7. The lowest BCUT2D eigenvalue weighted by Crippen LogP contribution is -2.26. The van der Waals surface area contributed by atoms with E-state index < -0.39 is 35.7 Å². The molecule has 0 aliphatic heterocycles. The number of nitrogen functional groups attached to an aromatic ring is 1. The number of methoxy groups -OCH3 is 1. The number of alkyl halides is 3. The Labute approximate surface area is 191 Å². The molecule has 0 radical (unpaired) electrons. The molecule has 0 spiro atoms. The Morgan fingerprint density at radius 3 is 2.38 bits per heavy atom. The molecule has 0 saturated carbocycles. The van der Waals surface area contributed by atoms with Crippen molar-refractivity contribution in [1.29, 1.82) is 0 Å². The topological polar surface area (TPSA) is 125 Å². The highest BCUT2D eigenvalue weighted by molar-refractivity contribution is 6.03. The van der Waals surface area contributed by atoms with E-state index in [-0.39, 0.29) is 29.1 Å². The molecule has 1 heterocycles. The molecule has 0 unspecified atom stereocenters. The monoisotopic (exact) mass is 479 g/mol. The minimum atomic E-state index is -4.64. The van der Waals surface area contributed by atoms with Crippen LogP contribution in [0, 0.1) is 5.82 Å². The van der Waals surface area contributed by atoms with Crippen molar-refractivity contribution >= 4 is 17.6 Å². The number of anilines is 1. The maximum Gasteiger partial charge on any atom is 0.410 e. The maximum absolute atomic E-state index is 13.5. The number of ether oxygens (including phenoxy) is 1. The van der Waals surface area contributed by atoms with Gasteiger partial charge in [-0.3, -0.25) is 9.59 Å². The molecule has 3 rings (SSSR count). The summed E-state index contributed by atoms with van der Waals surface area (Å²) in [6.07, 6.45) is -4.64. The minimum absolute atomic E-state index is 0.0185. The van der Waals surface area contributed by atoms with Gasteiger partial charge >= 0.3 is 6.18 Å². The third kappa shape index (κ3) is 4.95. The van der Waals surface area contributed by atoms with Crippen molar-refractivity contribution in [2.45, 2.75) is 25.7 Å². The molecule has 0 fully saturated rings. The summed E-state index contributed by atoms with van der Waals surface area (Å²) in [5.41, 5.74) is 11.6. The molecular weight excluding hydrogens is 458 g/mol. The van der Waals surface area contributed by atoms with E-state index in [1.54, 1.807) is 12.1 Å². The van der Waals surface area contributed by atoms with E-state index in [0.717, 1.165) is 19.1 Å². The van der Waals surface area contributed by atoms with E-state index in [1.807, 2.05) is 0 Å². The van der Waals surface area contributed by atoms with Crippen molar-refractivity contribution in [2.24, 2.45) is 5.73 Å². The first-order valence-corrected chi connectivity index (χ1v) is 9.89. The molecule has 3 aromatic rings. The molecule has 0 aliphatic carbocycles. The highest BCUT2D eigenvalue weighted by Gasteiger charge is 2.40. The first kappa shape index (κ1) is 24.6. The number of primary amides is 1. The molecule has 2 amide bonds. The zero-order valence-electron chi connectivity index (χ0n) is 18.1. The number of nitrogens with one attached hydrogen (secondary N) is 1. The average molecular weight is 479 g/mol. The maximum atomic E-state index is 13.5. The van der Waals surface area contributed by atoms with E-state index in [1.165, 1.54) is 25.3 Å². The molecule has 34 heavy (non-hydrogen) atoms. The lowest BCUT2D eigenvalue weighted by molar-refractivity contribution is -0.164. The summed E-state index contributed by atoms with van der Waals surface area (Å²) in [6, 6.07) is 7.62. The van der Waals surface area contributed by atoms with Crippen LogP contribution in [0.15, 0.2) is 42.5 Å². The Hall–Kier alpha value is -4.09. The summed E-state index contributed by atoms with van der Waals surface area (Å²) in [5, 5.41) is 6.52. The van der Waals surface area contributed by atoms with Crippen LogP contribution in [0.3, 0.4) is 0 Å². The standard InChI is InChI=1S/C22H21F4N5O3/c1-11(22(24,25)26)31-19(27)17(20(28)32)18(30-31)13-5-3-12(4-6-13)10-29-21(33)15-9-14(23)7-8-16(15)34-2/h3-9,11H,10,27H2,1-2H3,(H2,28,32)(H,29,33)/t11-/m1/s1. The van der Waals surface area contributed by atoms with Gasteiger partial charge in [-0.25, -0.2) is 9.07 Å². The van der Waals surface area contributed by atoms with Crippen molar-refractivity contribution in [3.8, 4) is 17.0 Å². The van der Waals surface area contributed by atoms with Crippen LogP contribution >= 0.6 is 0 Å². The number of carbonyl (C=O) groups is 2. The third-order valence-corrected chi connectivity index (χ3v) is 5.12. The quantitative estimate of drug-likeness (QED) is 0.448. The van der Waals surface area contributed by atoms with Gasteiger partial charge in [-0.15, -0.1) is 0 Å². The van der Waals surface area contributed by atoms with Crippen LogP contribution < -0.4 is 21.5 Å². The van der Waals surface area contributed by atoms with Gasteiger partial charge in [0.15, 0.2) is 0 Å². The molecule has 2 aromatic carbocycles. The Morgan fingerprint density at radius 2 is 1.82 bits per heavy atom. The fraction of sp³-hybridized carbons (Fsp3) is 0.227. The number of carbonyl (C=O) groups excluding carboxylic acids is 2. The predicted molar refractivity (Wildman–Crippen MR) is 115 cm³/mol. The zero-order valence-corrected chi connectivity index (χ0v) is 18.1. The van der Waals surface area contributed by atoms with E-state index in [2.05, 4.69) is 10.4 Å². The van der Waals surface area contributed by atoms with E-state index in [0.29, 0.717) is 15.8 Å². The molecule has 1 aromatic heterocycles. The van der Waals surface area contributed by atoms with Crippen molar-refractivity contribution in [2.75, 3.05) is 12.8 Å². The van der Waals surface area contributed by atoms with Crippen molar-refractivity contribution in [1.82, 2.24) is 15.1 Å². The van der Waals surface area contributed by atoms with Crippen LogP contribution in [0.25, 0.3) is 11.3 Å². The lowest BCUT2D eigenvalue weighted by atomic mass is 10.0. The van der Waals surface area contributed by atoms with Gasteiger partial charge in [0.25, 0.3) is 11.8 Å². The van der Waals surface area contributed by atoms with Gasteiger partial charge in [0.1, 0.15) is 34.7 Å². The zero-order chi connectivity index (χ0) is 25.2. The molecule has 5 N–H and O–H groups in total. The number of hydrogen-bond acceptors (Lipinski definition) is 5. The molecule has 12 heteroatoms. The first-order valence-electron chi connectivity index (χ1n) is 9.89. The summed E-state index contributed by atoms with van der Waals surface area (Å²) >= 11 is 0. The van der Waals surface area contributed by atoms with Crippen LogP contribution in [-0.2, 0) is 6.54 Å². The molecule has 1 atom stereocenters. The van der Waals surface area contributed by atoms with Gasteiger partial charge in [-0.05, 0) is 30.7 Å². The SMILES string of the molecule is COc1ccc(F)cc1C(=O)NCc1ccc(-c2nn([C@H](C)C(F)(F)F)c(N)c2C(N)=O)cc1. The molecule has 0 bridgehead atoms. The van der Waals surface area contributed by atoms with Crippen LogP contribution in [-0.4, -0.2) is 34.9 Å². The second kappa shape index (κ2) is 9.41. The largest absolute Gasteiger partial charge is 0.496 e. The number of nitrogens with two attached hydrogens (primary N) is 2. The summed E-state index contributed by atoms with van der Waals surface area (Å²) in [6.45, 7) is 0.917. The summed E-state index contributed by atoms with van der Waals surface area (Å²) < 4.78 is 58.6. The van der Waals surface area contributed by atoms with Crippen LogP contribution in [0.2, 0.25) is 0 Å². The molecular formula is C22H21F4N5O3. The van der Waals surface area contributed by atoms with E-state index in [4.69, 9.17) is 16.2 Å². The number of hydrogen-bond donors (Lipinski definition) is 3. The number of aromatic nitrogens is 2. The first-order chi connectivity index (χ1) is 15.9. The highest BCUT2D eigenvalue weighted by Crippen LogP contribution is 2.35. The van der Waals surface area contributed by atoms with E-state index in [9.17, 15) is 27.2 Å². The second-order valence-electron chi connectivity index (χ2n) is 7.36. The third-order valence-electron chi connectivity index (χ3n) is 5.12. The van der Waals surface area contributed by atoms with E-state index >= 15 is 0 Å². The number of nitrogens with zero attached hydrogens (tertiary/aromatic N) is 2. The lowest BCUT2D eigenvalue weighted by Gasteiger charge is -2.17. The Kier molecular flexibility index (Phi) is 6.80. The smallest absolute Gasteiger partial charge is 0.410 e. The van der Waals surface area contributed by atoms with Gasteiger partial charge in [0, 0.05) is 12.1 Å². The van der Waals surface area contributed by atoms with Gasteiger partial charge in [-0.2, -0.15) is 18.3 Å². The molecule has 0 aliphatic rings. The van der Waals surface area contributed by atoms with Crippen LogP contribution in [0.5, 0.6) is 5.75 Å². The van der Waals surface area contributed by atoms with Gasteiger partial charge in [0.05, 0.1) is 12.7 Å². The van der Waals surface area contributed by atoms with Gasteiger partial charge in [-0.1, -0.05) is 24.3 Å². The second-order valence-corrected chi connectivity index (χ2v) is 7.36. The van der Waals surface area contributed by atoms with Crippen molar-refractivity contribution in [3.05, 3.63) is 65.0 Å². The molecule has 8 nitrogen and oxygen atoms in total. The Bertz CT molecular complexity index is 1220. The number of benzene rings is 2. The van der Waals surface area contributed by atoms with Crippen LogP contribution in [0.1, 0.15) is 39.2 Å². The summed E-state index contributed by atoms with van der Waals surface area (Å²) in [7, 11) is 1.35. The normalized spacial score (nSPS) is 12.3. The minimum Gasteiger partial charge on any atom is -0.496 e. The van der Waals surface area contributed by atoms with Gasteiger partial charge in [0.2, 0.25) is 0 Å². The van der Waals surface area contributed by atoms with Gasteiger partial charge < -0.3 is 21.5 Å². The Balaban J connectivity index is 1.83. The van der Waals surface area contributed by atoms with Crippen molar-refractivity contribution in [3.63, 3.8) is 0 Å². The Morgan fingerprint density at radius 1 is 1.18 bits per heavy atom. The number of halogens is 4. The fourth-order valence-electron chi connectivity index (χ4n) is 3.24. The fourth-order valence-corrected chi connectivity index (χ4v) is 3.24. The van der Waals surface area contributed by atoms with Crippen LogP contribution in [0.4, 0.5) is 23.4 Å². The molecule has 180 valence electrons.